The lowest BCUT2D eigenvalue weighted by Crippen LogP contribution is -2.21. The topological polar surface area (TPSA) is 64.6 Å². The number of hydrogen-bond acceptors (Lipinski definition) is 4. The molecule has 5 heteroatoms. The lowest BCUT2D eigenvalue weighted by Gasteiger charge is -1.98. The van der Waals surface area contributed by atoms with Crippen LogP contribution in [-0.2, 0) is 19.1 Å². The summed E-state index contributed by atoms with van der Waals surface area (Å²) in [6.45, 7) is 4.13. The number of hydrogen-bond donors (Lipinski definition) is 1. The molecule has 1 heterocycles. The van der Waals surface area contributed by atoms with Gasteiger partial charge in [0.05, 0.1) is 14.2 Å². The van der Waals surface area contributed by atoms with Gasteiger partial charge >= 0.3 is 5.97 Å². The third-order valence-electron chi connectivity index (χ3n) is 2.06. The SMILES string of the molecule is C=C(OC)C(=O)OC.O=C1CCCCCN1. The van der Waals surface area contributed by atoms with E-state index in [1.807, 2.05) is 0 Å². The van der Waals surface area contributed by atoms with E-state index in [-0.39, 0.29) is 11.7 Å². The van der Waals surface area contributed by atoms with Crippen molar-refractivity contribution in [2.75, 3.05) is 20.8 Å². The summed E-state index contributed by atoms with van der Waals surface area (Å²) < 4.78 is 8.67. The predicted octanol–water partition coefficient (Wildman–Crippen LogP) is 0.996. The van der Waals surface area contributed by atoms with Gasteiger partial charge in [-0.3, -0.25) is 4.79 Å². The molecule has 0 aliphatic carbocycles. The molecule has 1 N–H and O–H groups in total. The summed E-state index contributed by atoms with van der Waals surface area (Å²) in [5, 5.41) is 2.81. The van der Waals surface area contributed by atoms with Gasteiger partial charge in [0.15, 0.2) is 5.76 Å². The van der Waals surface area contributed by atoms with Gasteiger partial charge in [-0.1, -0.05) is 6.42 Å². The van der Waals surface area contributed by atoms with Crippen LogP contribution >= 0.6 is 0 Å². The van der Waals surface area contributed by atoms with E-state index in [1.54, 1.807) is 0 Å². The molecular formula is C11H19NO4. The van der Waals surface area contributed by atoms with Crippen molar-refractivity contribution in [3.05, 3.63) is 12.3 Å². The fourth-order valence-corrected chi connectivity index (χ4v) is 1.10. The van der Waals surface area contributed by atoms with Crippen molar-refractivity contribution in [1.82, 2.24) is 5.32 Å². The number of carbonyl (C=O) groups excluding carboxylic acids is 2. The summed E-state index contributed by atoms with van der Waals surface area (Å²) in [5.41, 5.74) is 0. The molecule has 0 spiro atoms. The van der Waals surface area contributed by atoms with Crippen LogP contribution in [0.1, 0.15) is 25.7 Å². The van der Waals surface area contributed by atoms with Gasteiger partial charge in [-0.05, 0) is 19.4 Å². The molecule has 0 radical (unpaired) electrons. The van der Waals surface area contributed by atoms with Crippen LogP contribution in [0.4, 0.5) is 0 Å². The molecule has 0 aromatic heterocycles. The second kappa shape index (κ2) is 8.76. The highest BCUT2D eigenvalue weighted by atomic mass is 16.6. The Hall–Kier alpha value is -1.52. The highest BCUT2D eigenvalue weighted by Crippen LogP contribution is 2.02. The Labute approximate surface area is 95.8 Å². The number of esters is 1. The van der Waals surface area contributed by atoms with E-state index in [0.29, 0.717) is 0 Å². The lowest BCUT2D eigenvalue weighted by atomic mass is 10.2. The zero-order valence-electron chi connectivity index (χ0n) is 9.88. The first kappa shape index (κ1) is 14.5. The molecule has 1 aliphatic heterocycles. The monoisotopic (exact) mass is 229 g/mol. The van der Waals surface area contributed by atoms with Crippen LogP contribution in [-0.4, -0.2) is 32.6 Å². The van der Waals surface area contributed by atoms with Gasteiger partial charge in [0.1, 0.15) is 0 Å². The number of nitrogens with one attached hydrogen (secondary N) is 1. The van der Waals surface area contributed by atoms with Gasteiger partial charge < -0.3 is 14.8 Å². The Balaban J connectivity index is 0.000000281. The average Bonchev–Trinajstić information content (AvgIpc) is 2.55. The first-order valence-corrected chi connectivity index (χ1v) is 5.19. The van der Waals surface area contributed by atoms with Crippen LogP contribution in [0.2, 0.25) is 0 Å². The number of amides is 1. The minimum absolute atomic E-state index is 0.0208. The largest absolute Gasteiger partial charge is 0.490 e. The Morgan fingerprint density at radius 1 is 1.25 bits per heavy atom. The van der Waals surface area contributed by atoms with E-state index in [2.05, 4.69) is 21.4 Å². The quantitative estimate of drug-likeness (QED) is 0.436. The fraction of sp³-hybridized carbons (Fsp3) is 0.636. The summed E-state index contributed by atoms with van der Waals surface area (Å²) in [6, 6.07) is 0. The zero-order valence-corrected chi connectivity index (χ0v) is 9.88. The number of ether oxygens (including phenoxy) is 2. The summed E-state index contributed by atoms with van der Waals surface area (Å²) in [7, 11) is 2.63. The van der Waals surface area contributed by atoms with Crippen LogP contribution < -0.4 is 5.32 Å². The molecular weight excluding hydrogens is 210 g/mol. The molecule has 1 amide bonds. The van der Waals surface area contributed by atoms with Gasteiger partial charge in [0.25, 0.3) is 0 Å². The molecule has 1 rings (SSSR count). The number of carbonyl (C=O) groups is 2. The maximum Gasteiger partial charge on any atom is 0.372 e. The minimum Gasteiger partial charge on any atom is -0.490 e. The molecule has 92 valence electrons. The van der Waals surface area contributed by atoms with Crippen LogP contribution in [0.3, 0.4) is 0 Å². The van der Waals surface area contributed by atoms with Crippen LogP contribution in [0, 0.1) is 0 Å². The third-order valence-corrected chi connectivity index (χ3v) is 2.06. The Morgan fingerprint density at radius 2 is 1.94 bits per heavy atom. The number of rotatable bonds is 2. The van der Waals surface area contributed by atoms with Gasteiger partial charge in [0, 0.05) is 13.0 Å². The average molecular weight is 229 g/mol. The maximum atomic E-state index is 10.6. The molecule has 0 atom stereocenters. The van der Waals surface area contributed by atoms with E-state index in [1.165, 1.54) is 20.6 Å². The maximum absolute atomic E-state index is 10.6. The number of methoxy groups -OCH3 is 2. The molecule has 0 aromatic carbocycles. The molecule has 1 aliphatic rings. The normalized spacial score (nSPS) is 14.8. The van der Waals surface area contributed by atoms with Crippen molar-refractivity contribution >= 4 is 11.9 Å². The minimum atomic E-state index is -0.535. The molecule has 16 heavy (non-hydrogen) atoms. The van der Waals surface area contributed by atoms with Crippen molar-refractivity contribution in [2.24, 2.45) is 0 Å². The molecule has 0 bridgehead atoms. The Morgan fingerprint density at radius 3 is 2.44 bits per heavy atom. The summed E-state index contributed by atoms with van der Waals surface area (Å²) in [6.07, 6.45) is 4.18. The van der Waals surface area contributed by atoms with Crippen LogP contribution in [0.15, 0.2) is 12.3 Å². The van der Waals surface area contributed by atoms with E-state index in [9.17, 15) is 9.59 Å². The van der Waals surface area contributed by atoms with Crippen molar-refractivity contribution in [2.45, 2.75) is 25.7 Å². The van der Waals surface area contributed by atoms with Crippen molar-refractivity contribution in [3.8, 4) is 0 Å². The van der Waals surface area contributed by atoms with Crippen LogP contribution in [0.25, 0.3) is 0 Å². The zero-order chi connectivity index (χ0) is 12.4. The van der Waals surface area contributed by atoms with Gasteiger partial charge in [-0.2, -0.15) is 0 Å². The molecule has 0 unspecified atom stereocenters. The van der Waals surface area contributed by atoms with Crippen molar-refractivity contribution in [3.63, 3.8) is 0 Å². The lowest BCUT2D eigenvalue weighted by molar-refractivity contribution is -0.139. The smallest absolute Gasteiger partial charge is 0.372 e. The van der Waals surface area contributed by atoms with Gasteiger partial charge in [-0.25, -0.2) is 4.79 Å². The molecule has 1 fully saturated rings. The first-order chi connectivity index (χ1) is 7.61. The second-order valence-electron chi connectivity index (χ2n) is 3.28. The highest BCUT2D eigenvalue weighted by Gasteiger charge is 2.03. The fourth-order valence-electron chi connectivity index (χ4n) is 1.10. The Kier molecular flexibility index (Phi) is 7.93. The van der Waals surface area contributed by atoms with E-state index >= 15 is 0 Å². The predicted molar refractivity (Wildman–Crippen MR) is 59.6 cm³/mol. The van der Waals surface area contributed by atoms with Crippen molar-refractivity contribution < 1.29 is 19.1 Å². The van der Waals surface area contributed by atoms with E-state index < -0.39 is 5.97 Å². The van der Waals surface area contributed by atoms with Gasteiger partial charge in [0.2, 0.25) is 5.91 Å². The summed E-state index contributed by atoms with van der Waals surface area (Å²) in [5.74, 6) is -0.289. The third kappa shape index (κ3) is 6.86. The van der Waals surface area contributed by atoms with E-state index in [4.69, 9.17) is 0 Å². The highest BCUT2D eigenvalue weighted by molar-refractivity contribution is 5.85. The molecule has 1 saturated heterocycles. The second-order valence-corrected chi connectivity index (χ2v) is 3.28. The first-order valence-electron chi connectivity index (χ1n) is 5.19. The molecule has 0 aromatic rings. The Bertz CT molecular complexity index is 226. The van der Waals surface area contributed by atoms with Crippen molar-refractivity contribution in [1.29, 1.82) is 0 Å². The standard InChI is InChI=1S/C6H11NO.C5H8O3/c8-6-4-2-1-3-5-7-6;1-4(7-2)5(6)8-3/h1-5H2,(H,7,8);1H2,2-3H3. The molecule has 5 nitrogen and oxygen atoms in total. The summed E-state index contributed by atoms with van der Waals surface area (Å²) in [4.78, 5) is 20.9. The van der Waals surface area contributed by atoms with Gasteiger partial charge in [-0.15, -0.1) is 0 Å². The van der Waals surface area contributed by atoms with Crippen LogP contribution in [0.5, 0.6) is 0 Å². The van der Waals surface area contributed by atoms with E-state index in [0.717, 1.165) is 25.8 Å². The molecule has 0 saturated carbocycles. The summed E-state index contributed by atoms with van der Waals surface area (Å²) >= 11 is 0.